The highest BCUT2D eigenvalue weighted by atomic mass is 32.1. The van der Waals surface area contributed by atoms with Gasteiger partial charge in [-0.05, 0) is 74.7 Å². The summed E-state index contributed by atoms with van der Waals surface area (Å²) in [5.41, 5.74) is 4.12. The van der Waals surface area contributed by atoms with E-state index in [1.165, 1.54) is 24.6 Å². The molecule has 15 heteroatoms. The molecular weight excluding hydrogens is 652 g/mol. The van der Waals surface area contributed by atoms with Crippen LogP contribution in [-0.4, -0.2) is 57.2 Å². The van der Waals surface area contributed by atoms with Crippen molar-refractivity contribution in [3.05, 3.63) is 70.2 Å². The second-order valence-corrected chi connectivity index (χ2v) is 12.7. The van der Waals surface area contributed by atoms with Gasteiger partial charge >= 0.3 is 12.1 Å². The van der Waals surface area contributed by atoms with Gasteiger partial charge in [0.05, 0.1) is 12.8 Å². The second-order valence-electron chi connectivity index (χ2n) is 10.8. The number of carboxylic acid groups (broad SMARTS) is 1. The van der Waals surface area contributed by atoms with E-state index in [4.69, 9.17) is 9.72 Å². The Bertz CT molecular complexity index is 2010. The second kappa shape index (κ2) is 13.1. The molecule has 0 aliphatic carbocycles. The average molecular weight is 680 g/mol. The Hall–Kier alpha value is -4.78. The molecule has 6 rings (SSSR count). The highest BCUT2D eigenvalue weighted by Gasteiger charge is 2.39. The zero-order valence-electron chi connectivity index (χ0n) is 25.1. The number of hydrazone groups is 1. The van der Waals surface area contributed by atoms with E-state index in [-0.39, 0.29) is 21.5 Å². The van der Waals surface area contributed by atoms with Crippen molar-refractivity contribution in [2.45, 2.75) is 38.5 Å². The number of nitrogens with one attached hydrogen (secondary N) is 2. The van der Waals surface area contributed by atoms with Crippen LogP contribution in [0.3, 0.4) is 0 Å². The third-order valence-electron chi connectivity index (χ3n) is 7.99. The first-order valence-corrected chi connectivity index (χ1v) is 16.3. The van der Waals surface area contributed by atoms with Crippen LogP contribution in [0.25, 0.3) is 32.7 Å². The number of aromatic nitrogens is 3. The molecule has 242 valence electrons. The van der Waals surface area contributed by atoms with E-state index in [1.54, 1.807) is 41.0 Å². The molecular formula is C32H28F3N7O3S2. The molecule has 3 aromatic heterocycles. The van der Waals surface area contributed by atoms with Crippen molar-refractivity contribution in [2.24, 2.45) is 11.0 Å². The number of halogens is 3. The van der Waals surface area contributed by atoms with Crippen molar-refractivity contribution in [2.75, 3.05) is 19.1 Å². The summed E-state index contributed by atoms with van der Waals surface area (Å²) in [6.07, 6.45) is -2.19. The molecule has 1 unspecified atom stereocenters. The number of methoxy groups -OCH3 is 1. The van der Waals surface area contributed by atoms with Crippen LogP contribution in [0.4, 0.5) is 18.3 Å². The number of hydrogen-bond acceptors (Lipinski definition) is 10. The van der Waals surface area contributed by atoms with Crippen LogP contribution in [0.2, 0.25) is 0 Å². The van der Waals surface area contributed by atoms with E-state index < -0.39 is 23.9 Å². The number of thiazole rings is 2. The highest BCUT2D eigenvalue weighted by molar-refractivity contribution is 7.16. The summed E-state index contributed by atoms with van der Waals surface area (Å²) in [6.45, 7) is 2.89. The van der Waals surface area contributed by atoms with Gasteiger partial charge in [-0.15, -0.1) is 11.3 Å². The normalized spacial score (nSPS) is 16.8. The number of aliphatic carboxylic acids is 1. The van der Waals surface area contributed by atoms with Gasteiger partial charge in [0.25, 0.3) is 0 Å². The number of nitriles is 1. The van der Waals surface area contributed by atoms with Crippen molar-refractivity contribution in [3.63, 3.8) is 0 Å². The van der Waals surface area contributed by atoms with Gasteiger partial charge in [0.2, 0.25) is 5.13 Å². The molecule has 4 heterocycles. The number of rotatable bonds is 10. The lowest BCUT2D eigenvalue weighted by Gasteiger charge is -2.13. The fourth-order valence-corrected chi connectivity index (χ4v) is 7.27. The van der Waals surface area contributed by atoms with E-state index in [9.17, 15) is 28.3 Å². The Labute approximate surface area is 275 Å². The Morgan fingerprint density at radius 2 is 2.00 bits per heavy atom. The first-order valence-electron chi connectivity index (χ1n) is 14.6. The Morgan fingerprint density at radius 3 is 2.68 bits per heavy atom. The van der Waals surface area contributed by atoms with Crippen molar-refractivity contribution in [3.8, 4) is 33.6 Å². The number of benzene rings is 2. The van der Waals surface area contributed by atoms with Gasteiger partial charge in [0.1, 0.15) is 33.4 Å². The molecule has 2 atom stereocenters. The number of ether oxygens (including phenoxy) is 1. The molecule has 1 saturated heterocycles. The number of aryl methyl sites for hydroxylation is 1. The topological polar surface area (TPSA) is 137 Å². The number of nitrogens with zero attached hydrogens (tertiary/aromatic N) is 5. The van der Waals surface area contributed by atoms with Gasteiger partial charge < -0.3 is 19.7 Å². The maximum Gasteiger partial charge on any atom is 0.435 e. The quantitative estimate of drug-likeness (QED) is 0.109. The molecule has 0 saturated carbocycles. The lowest BCUT2D eigenvalue weighted by Crippen LogP contribution is -2.36. The maximum atomic E-state index is 14.6. The fourth-order valence-electron chi connectivity index (χ4n) is 5.72. The smallest absolute Gasteiger partial charge is 0.435 e. The van der Waals surface area contributed by atoms with Crippen LogP contribution < -0.4 is 15.5 Å². The van der Waals surface area contributed by atoms with Crippen LogP contribution >= 0.6 is 22.7 Å². The molecule has 5 aromatic rings. The summed E-state index contributed by atoms with van der Waals surface area (Å²) in [7, 11) is 1.53. The molecule has 0 radical (unpaired) electrons. The van der Waals surface area contributed by atoms with E-state index >= 15 is 0 Å². The van der Waals surface area contributed by atoms with Crippen molar-refractivity contribution < 1.29 is 27.8 Å². The van der Waals surface area contributed by atoms with Crippen molar-refractivity contribution >= 4 is 50.4 Å². The standard InChI is InChI=1S/C32H28F3N7O3S2/c1-3-42-15-23(22-13-19(6-9-24(22)42)29-38-20(16-46-29)12-18-10-11-37-27(18)30(43)44)28(32(33,34)35)40-41-31-39-26(25(14-36)47-31)17-4-7-21(45-2)8-5-17/h4-9,13,15-16,18,27,37H,3,10-12H2,1-2H3,(H,39,41)(H,43,44)/b40-28-/t18?,27-/m0/s1. The van der Waals surface area contributed by atoms with Crippen LogP contribution in [0.5, 0.6) is 5.75 Å². The van der Waals surface area contributed by atoms with Gasteiger partial charge in [-0.1, -0.05) is 11.3 Å². The predicted octanol–water partition coefficient (Wildman–Crippen LogP) is 6.77. The van der Waals surface area contributed by atoms with Crippen LogP contribution in [0, 0.1) is 17.2 Å². The Morgan fingerprint density at radius 1 is 1.23 bits per heavy atom. The molecule has 47 heavy (non-hydrogen) atoms. The highest BCUT2D eigenvalue weighted by Crippen LogP contribution is 2.36. The molecule has 1 fully saturated rings. The lowest BCUT2D eigenvalue weighted by atomic mass is 9.95. The Balaban J connectivity index is 1.33. The van der Waals surface area contributed by atoms with Gasteiger partial charge in [0, 0.05) is 45.7 Å². The van der Waals surface area contributed by atoms with Gasteiger partial charge in [-0.3, -0.25) is 10.2 Å². The molecule has 2 aromatic carbocycles. The molecule has 1 aliphatic heterocycles. The number of fused-ring (bicyclic) bond motifs is 1. The number of carbonyl (C=O) groups is 1. The minimum Gasteiger partial charge on any atom is -0.497 e. The Kier molecular flexibility index (Phi) is 9.00. The zero-order chi connectivity index (χ0) is 33.3. The van der Waals surface area contributed by atoms with E-state index in [0.29, 0.717) is 58.0 Å². The van der Waals surface area contributed by atoms with Crippen molar-refractivity contribution in [1.29, 1.82) is 5.26 Å². The molecule has 0 bridgehead atoms. The summed E-state index contributed by atoms with van der Waals surface area (Å²) < 4.78 is 50.8. The molecule has 1 aliphatic rings. The maximum absolute atomic E-state index is 14.6. The first-order chi connectivity index (χ1) is 22.6. The van der Waals surface area contributed by atoms with E-state index in [1.807, 2.05) is 18.4 Å². The zero-order valence-corrected chi connectivity index (χ0v) is 26.8. The minimum absolute atomic E-state index is 0.0342. The summed E-state index contributed by atoms with van der Waals surface area (Å²) in [5, 5.41) is 28.8. The summed E-state index contributed by atoms with van der Waals surface area (Å²) in [4.78, 5) is 20.9. The summed E-state index contributed by atoms with van der Waals surface area (Å²) >= 11 is 2.26. The van der Waals surface area contributed by atoms with E-state index in [0.717, 1.165) is 23.5 Å². The molecule has 10 nitrogen and oxygen atoms in total. The van der Waals surface area contributed by atoms with Crippen molar-refractivity contribution in [1.82, 2.24) is 19.9 Å². The SMILES string of the molecule is CCn1cc(/C(=N/Nc2nc(-c3ccc(OC)cc3)c(C#N)s2)C(F)(F)F)c2cc(-c3nc(CC4CCN[C@@H]4C(=O)O)cs3)ccc21. The summed E-state index contributed by atoms with van der Waals surface area (Å²) in [5.74, 6) is -0.376. The fraction of sp³-hybridized carbons (Fsp3) is 0.281. The largest absolute Gasteiger partial charge is 0.497 e. The minimum atomic E-state index is -4.83. The molecule has 0 spiro atoms. The number of hydrogen-bond donors (Lipinski definition) is 3. The average Bonchev–Trinajstić information content (AvgIpc) is 3.87. The number of alkyl halides is 3. The van der Waals surface area contributed by atoms with Crippen LogP contribution in [0.1, 0.15) is 29.5 Å². The van der Waals surface area contributed by atoms with Crippen LogP contribution in [-0.2, 0) is 17.8 Å². The molecule has 0 amide bonds. The first kappa shape index (κ1) is 32.2. The van der Waals surface area contributed by atoms with Gasteiger partial charge in [0.15, 0.2) is 5.71 Å². The van der Waals surface area contributed by atoms with Gasteiger partial charge in [-0.25, -0.2) is 9.97 Å². The van der Waals surface area contributed by atoms with Crippen LogP contribution in [0.15, 0.2) is 59.1 Å². The number of anilines is 1. The predicted molar refractivity (Wildman–Crippen MR) is 175 cm³/mol. The van der Waals surface area contributed by atoms with E-state index in [2.05, 4.69) is 26.9 Å². The van der Waals surface area contributed by atoms with Gasteiger partial charge in [-0.2, -0.15) is 23.5 Å². The molecule has 3 N–H and O–H groups in total. The lowest BCUT2D eigenvalue weighted by molar-refractivity contribution is -0.140. The third kappa shape index (κ3) is 6.57. The monoisotopic (exact) mass is 679 g/mol. The summed E-state index contributed by atoms with van der Waals surface area (Å²) in [6, 6.07) is 13.5. The third-order valence-corrected chi connectivity index (χ3v) is 9.79. The number of carboxylic acids is 1.